The molecule has 3 rings (SSSR count). The number of amides is 1. The second-order valence-electron chi connectivity index (χ2n) is 5.72. The lowest BCUT2D eigenvalue weighted by Crippen LogP contribution is -2.53. The second-order valence-corrected chi connectivity index (χ2v) is 5.72. The van der Waals surface area contributed by atoms with Crippen molar-refractivity contribution in [1.82, 2.24) is 15.1 Å². The van der Waals surface area contributed by atoms with Crippen molar-refractivity contribution in [2.75, 3.05) is 18.5 Å². The summed E-state index contributed by atoms with van der Waals surface area (Å²) < 4.78 is 45.1. The van der Waals surface area contributed by atoms with Gasteiger partial charge in [-0.15, -0.1) is 0 Å². The zero-order valence-electron chi connectivity index (χ0n) is 13.4. The number of halogens is 3. The molecule has 0 aliphatic carbocycles. The minimum atomic E-state index is -4.43. The second kappa shape index (κ2) is 6.85. The van der Waals surface area contributed by atoms with E-state index in [-0.39, 0.29) is 17.7 Å². The Kier molecular flexibility index (Phi) is 4.78. The standard InChI is InChI=1S/C16H17F3N4O2/c1-10-14(20-5-6-25-10)15(24)22-12-8-21-23(9-12)13-4-2-3-11(7-13)16(17,18)19/h2-4,7-10,14,20H,5-6H2,1H3,(H,22,24)/t10-,14+/m1/s1. The fourth-order valence-corrected chi connectivity index (χ4v) is 2.60. The number of hydrogen-bond donors (Lipinski definition) is 2. The maximum Gasteiger partial charge on any atom is 0.416 e. The van der Waals surface area contributed by atoms with E-state index in [2.05, 4.69) is 15.7 Å². The summed E-state index contributed by atoms with van der Waals surface area (Å²) >= 11 is 0. The highest BCUT2D eigenvalue weighted by Gasteiger charge is 2.31. The fraction of sp³-hybridized carbons (Fsp3) is 0.375. The van der Waals surface area contributed by atoms with Crippen molar-refractivity contribution >= 4 is 11.6 Å². The van der Waals surface area contributed by atoms with Crippen LogP contribution in [0.2, 0.25) is 0 Å². The van der Waals surface area contributed by atoms with Crippen LogP contribution in [0.15, 0.2) is 36.7 Å². The van der Waals surface area contributed by atoms with Crippen LogP contribution >= 0.6 is 0 Å². The normalized spacial score (nSPS) is 21.1. The number of rotatable bonds is 3. The summed E-state index contributed by atoms with van der Waals surface area (Å²) in [5, 5.41) is 9.76. The monoisotopic (exact) mass is 354 g/mol. The molecule has 6 nitrogen and oxygen atoms in total. The molecule has 0 unspecified atom stereocenters. The minimum Gasteiger partial charge on any atom is -0.375 e. The van der Waals surface area contributed by atoms with Gasteiger partial charge < -0.3 is 15.4 Å². The van der Waals surface area contributed by atoms with Gasteiger partial charge in [0.05, 0.1) is 42.0 Å². The van der Waals surface area contributed by atoms with E-state index in [0.29, 0.717) is 18.8 Å². The Labute approximate surface area is 142 Å². The van der Waals surface area contributed by atoms with Gasteiger partial charge in [-0.1, -0.05) is 6.07 Å². The molecule has 0 saturated carbocycles. The Hall–Kier alpha value is -2.39. The Morgan fingerprint density at radius 1 is 1.44 bits per heavy atom. The van der Waals surface area contributed by atoms with Gasteiger partial charge in [-0.05, 0) is 25.1 Å². The Morgan fingerprint density at radius 3 is 2.96 bits per heavy atom. The zero-order valence-corrected chi connectivity index (χ0v) is 13.4. The van der Waals surface area contributed by atoms with Gasteiger partial charge in [-0.2, -0.15) is 18.3 Å². The predicted molar refractivity (Wildman–Crippen MR) is 84.4 cm³/mol. The largest absolute Gasteiger partial charge is 0.416 e. The summed E-state index contributed by atoms with van der Waals surface area (Å²) in [5.74, 6) is -0.282. The minimum absolute atomic E-state index is 0.253. The third kappa shape index (κ3) is 3.99. The first kappa shape index (κ1) is 17.4. The van der Waals surface area contributed by atoms with Crippen LogP contribution in [-0.2, 0) is 15.7 Å². The summed E-state index contributed by atoms with van der Waals surface area (Å²) in [7, 11) is 0. The van der Waals surface area contributed by atoms with E-state index in [1.54, 1.807) is 6.92 Å². The fourth-order valence-electron chi connectivity index (χ4n) is 2.60. The predicted octanol–water partition coefficient (Wildman–Crippen LogP) is 2.21. The average Bonchev–Trinajstić information content (AvgIpc) is 3.03. The summed E-state index contributed by atoms with van der Waals surface area (Å²) in [5.41, 5.74) is -0.117. The molecule has 0 spiro atoms. The van der Waals surface area contributed by atoms with Gasteiger partial charge in [-0.25, -0.2) is 4.68 Å². The van der Waals surface area contributed by atoms with Crippen LogP contribution in [0.3, 0.4) is 0 Å². The molecule has 1 aliphatic heterocycles. The number of alkyl halides is 3. The maximum atomic E-state index is 12.8. The number of nitrogens with one attached hydrogen (secondary N) is 2. The van der Waals surface area contributed by atoms with E-state index in [4.69, 9.17) is 4.74 Å². The van der Waals surface area contributed by atoms with Crippen molar-refractivity contribution in [2.45, 2.75) is 25.2 Å². The number of ether oxygens (including phenoxy) is 1. The van der Waals surface area contributed by atoms with Gasteiger partial charge in [0, 0.05) is 6.54 Å². The van der Waals surface area contributed by atoms with Gasteiger partial charge in [0.2, 0.25) is 5.91 Å². The highest BCUT2D eigenvalue weighted by Crippen LogP contribution is 2.30. The number of nitrogens with zero attached hydrogens (tertiary/aromatic N) is 2. The lowest BCUT2D eigenvalue weighted by Gasteiger charge is -2.29. The molecule has 2 N–H and O–H groups in total. The van der Waals surface area contributed by atoms with E-state index >= 15 is 0 Å². The third-order valence-electron chi connectivity index (χ3n) is 3.89. The van der Waals surface area contributed by atoms with Crippen LogP contribution < -0.4 is 10.6 Å². The van der Waals surface area contributed by atoms with Crippen LogP contribution in [0.25, 0.3) is 5.69 Å². The van der Waals surface area contributed by atoms with Crippen molar-refractivity contribution in [3.05, 3.63) is 42.2 Å². The van der Waals surface area contributed by atoms with Crippen molar-refractivity contribution in [3.8, 4) is 5.69 Å². The van der Waals surface area contributed by atoms with E-state index in [1.165, 1.54) is 29.2 Å². The summed E-state index contributed by atoms with van der Waals surface area (Å²) in [6.45, 7) is 2.91. The summed E-state index contributed by atoms with van der Waals surface area (Å²) in [6, 6.07) is 4.31. The number of carbonyl (C=O) groups is 1. The maximum absolute atomic E-state index is 12.8. The molecule has 2 heterocycles. The number of benzene rings is 1. The molecular weight excluding hydrogens is 337 g/mol. The molecule has 1 saturated heterocycles. The Balaban J connectivity index is 1.73. The lowest BCUT2D eigenvalue weighted by atomic mass is 10.1. The SMILES string of the molecule is C[C@H]1OCCN[C@@H]1C(=O)Nc1cnn(-c2cccc(C(F)(F)F)c2)c1. The van der Waals surface area contributed by atoms with Gasteiger partial charge in [0.15, 0.2) is 0 Å². The third-order valence-corrected chi connectivity index (χ3v) is 3.89. The first-order valence-electron chi connectivity index (χ1n) is 7.73. The quantitative estimate of drug-likeness (QED) is 0.887. The van der Waals surface area contributed by atoms with Crippen LogP contribution in [0.1, 0.15) is 12.5 Å². The molecule has 0 radical (unpaired) electrons. The number of anilines is 1. The molecule has 9 heteroatoms. The van der Waals surface area contributed by atoms with E-state index in [1.807, 2.05) is 0 Å². The van der Waals surface area contributed by atoms with Gasteiger partial charge in [-0.3, -0.25) is 4.79 Å². The van der Waals surface area contributed by atoms with Gasteiger partial charge >= 0.3 is 6.18 Å². The lowest BCUT2D eigenvalue weighted by molar-refractivity contribution is -0.137. The molecule has 1 fully saturated rings. The first-order chi connectivity index (χ1) is 11.8. The number of aromatic nitrogens is 2. The number of morpholine rings is 1. The summed E-state index contributed by atoms with van der Waals surface area (Å²) in [6.07, 6.45) is -1.86. The number of carbonyl (C=O) groups excluding carboxylic acids is 1. The molecule has 0 bridgehead atoms. The highest BCUT2D eigenvalue weighted by atomic mass is 19.4. The molecule has 1 aromatic heterocycles. The molecule has 1 amide bonds. The smallest absolute Gasteiger partial charge is 0.375 e. The molecule has 2 aromatic rings. The van der Waals surface area contributed by atoms with E-state index in [9.17, 15) is 18.0 Å². The molecule has 1 aromatic carbocycles. The Morgan fingerprint density at radius 2 is 2.24 bits per heavy atom. The van der Waals surface area contributed by atoms with Crippen molar-refractivity contribution in [2.24, 2.45) is 0 Å². The van der Waals surface area contributed by atoms with Crippen molar-refractivity contribution in [3.63, 3.8) is 0 Å². The van der Waals surface area contributed by atoms with E-state index < -0.39 is 17.8 Å². The van der Waals surface area contributed by atoms with Crippen LogP contribution in [0.4, 0.5) is 18.9 Å². The Bertz CT molecular complexity index is 760. The van der Waals surface area contributed by atoms with E-state index in [0.717, 1.165) is 12.1 Å². The molecule has 2 atom stereocenters. The summed E-state index contributed by atoms with van der Waals surface area (Å²) in [4.78, 5) is 12.3. The van der Waals surface area contributed by atoms with Crippen LogP contribution in [0.5, 0.6) is 0 Å². The molecule has 25 heavy (non-hydrogen) atoms. The zero-order chi connectivity index (χ0) is 18.0. The molecular formula is C16H17F3N4O2. The topological polar surface area (TPSA) is 68.2 Å². The molecule has 1 aliphatic rings. The van der Waals surface area contributed by atoms with Crippen LogP contribution in [-0.4, -0.2) is 41.0 Å². The van der Waals surface area contributed by atoms with Gasteiger partial charge in [0.1, 0.15) is 6.04 Å². The highest BCUT2D eigenvalue weighted by molar-refractivity contribution is 5.95. The average molecular weight is 354 g/mol. The van der Waals surface area contributed by atoms with Crippen molar-refractivity contribution in [1.29, 1.82) is 0 Å². The van der Waals surface area contributed by atoms with Crippen LogP contribution in [0, 0.1) is 0 Å². The first-order valence-corrected chi connectivity index (χ1v) is 7.73. The van der Waals surface area contributed by atoms with Crippen molar-refractivity contribution < 1.29 is 22.7 Å². The van der Waals surface area contributed by atoms with Gasteiger partial charge in [0.25, 0.3) is 0 Å². The number of hydrogen-bond acceptors (Lipinski definition) is 4. The molecule has 134 valence electrons.